The minimum Gasteiger partial charge on any atom is -0.493 e. The zero-order valence-electron chi connectivity index (χ0n) is 9.97. The van der Waals surface area contributed by atoms with Gasteiger partial charge >= 0.3 is 0 Å². The summed E-state index contributed by atoms with van der Waals surface area (Å²) in [6, 6.07) is 10.0. The molecule has 4 nitrogen and oxygen atoms in total. The lowest BCUT2D eigenvalue weighted by atomic mass is 9.97. The Morgan fingerprint density at radius 3 is 2.83 bits per heavy atom. The molecule has 0 saturated heterocycles. The fraction of sp³-hybridized carbons (Fsp3) is 0.214. The van der Waals surface area contributed by atoms with E-state index >= 15 is 0 Å². The van der Waals surface area contributed by atoms with Gasteiger partial charge < -0.3 is 4.74 Å². The average molecular weight is 241 g/mol. The zero-order valence-corrected chi connectivity index (χ0v) is 9.97. The first-order valence-corrected chi connectivity index (χ1v) is 6.01. The van der Waals surface area contributed by atoms with E-state index in [9.17, 15) is 0 Å². The van der Waals surface area contributed by atoms with Crippen molar-refractivity contribution in [1.29, 1.82) is 0 Å². The van der Waals surface area contributed by atoms with E-state index in [4.69, 9.17) is 10.6 Å². The van der Waals surface area contributed by atoms with Gasteiger partial charge in [0.1, 0.15) is 5.75 Å². The molecule has 1 atom stereocenters. The van der Waals surface area contributed by atoms with Crippen molar-refractivity contribution in [2.75, 3.05) is 6.61 Å². The molecule has 0 radical (unpaired) electrons. The van der Waals surface area contributed by atoms with Gasteiger partial charge in [-0.3, -0.25) is 10.8 Å². The molecule has 3 rings (SSSR count). The molecule has 1 aromatic carbocycles. The average Bonchev–Trinajstić information content (AvgIpc) is 2.90. The van der Waals surface area contributed by atoms with Gasteiger partial charge in [0.2, 0.25) is 0 Å². The number of ether oxygens (including phenoxy) is 1. The molecule has 0 fully saturated rings. The van der Waals surface area contributed by atoms with Crippen molar-refractivity contribution in [3.8, 4) is 5.75 Å². The highest BCUT2D eigenvalue weighted by atomic mass is 16.5. The summed E-state index contributed by atoms with van der Waals surface area (Å²) in [5.74, 6) is 6.67. The zero-order chi connectivity index (χ0) is 12.4. The highest BCUT2D eigenvalue weighted by Crippen LogP contribution is 2.35. The van der Waals surface area contributed by atoms with E-state index in [0.717, 1.165) is 29.9 Å². The second-order valence-corrected chi connectivity index (χ2v) is 4.31. The molecule has 1 unspecified atom stereocenters. The second kappa shape index (κ2) is 4.76. The van der Waals surface area contributed by atoms with Crippen LogP contribution in [-0.2, 0) is 6.42 Å². The molecule has 18 heavy (non-hydrogen) atoms. The van der Waals surface area contributed by atoms with Crippen LogP contribution in [0.5, 0.6) is 5.75 Å². The maximum atomic E-state index is 5.72. The molecule has 2 aromatic rings. The van der Waals surface area contributed by atoms with Crippen molar-refractivity contribution < 1.29 is 4.74 Å². The number of nitrogens with zero attached hydrogens (tertiary/aromatic N) is 1. The van der Waals surface area contributed by atoms with Crippen LogP contribution in [-0.4, -0.2) is 11.6 Å². The minimum atomic E-state index is -0.0685. The Balaban J connectivity index is 2.05. The van der Waals surface area contributed by atoms with Crippen LogP contribution in [0.2, 0.25) is 0 Å². The van der Waals surface area contributed by atoms with Gasteiger partial charge in [0, 0.05) is 24.4 Å². The molecule has 1 aliphatic heterocycles. The minimum absolute atomic E-state index is 0.0685. The lowest BCUT2D eigenvalue weighted by molar-refractivity contribution is 0.350. The fourth-order valence-corrected chi connectivity index (χ4v) is 2.39. The number of hydrogen-bond acceptors (Lipinski definition) is 4. The quantitative estimate of drug-likeness (QED) is 0.632. The van der Waals surface area contributed by atoms with Crippen LogP contribution in [0, 0.1) is 0 Å². The molecule has 1 aliphatic rings. The van der Waals surface area contributed by atoms with E-state index in [1.807, 2.05) is 18.2 Å². The molecule has 2 heterocycles. The monoisotopic (exact) mass is 241 g/mol. The van der Waals surface area contributed by atoms with Gasteiger partial charge in [-0.2, -0.15) is 0 Å². The Hall–Kier alpha value is -1.91. The lowest BCUT2D eigenvalue weighted by Crippen LogP contribution is -2.29. The predicted octanol–water partition coefficient (Wildman–Crippen LogP) is 1.57. The Bertz CT molecular complexity index is 542. The van der Waals surface area contributed by atoms with Crippen molar-refractivity contribution in [1.82, 2.24) is 10.4 Å². The standard InChI is InChI=1S/C14H15N3O/c15-17-13(10-4-7-16-8-5-10)12-3-1-2-11-6-9-18-14(11)12/h1-5,7-8,13,17H,6,9,15H2. The number of aromatic nitrogens is 1. The van der Waals surface area contributed by atoms with Crippen LogP contribution >= 0.6 is 0 Å². The first kappa shape index (κ1) is 11.2. The van der Waals surface area contributed by atoms with Crippen LogP contribution in [0.15, 0.2) is 42.7 Å². The van der Waals surface area contributed by atoms with Crippen molar-refractivity contribution in [3.63, 3.8) is 0 Å². The van der Waals surface area contributed by atoms with E-state index in [1.165, 1.54) is 5.56 Å². The van der Waals surface area contributed by atoms with Gasteiger partial charge in [0.25, 0.3) is 0 Å². The summed E-state index contributed by atoms with van der Waals surface area (Å²) < 4.78 is 5.72. The molecule has 0 spiro atoms. The topological polar surface area (TPSA) is 60.2 Å². The summed E-state index contributed by atoms with van der Waals surface area (Å²) in [5.41, 5.74) is 6.27. The number of benzene rings is 1. The summed E-state index contributed by atoms with van der Waals surface area (Å²) in [6.45, 7) is 0.750. The Morgan fingerprint density at radius 1 is 1.22 bits per heavy atom. The Morgan fingerprint density at radius 2 is 2.06 bits per heavy atom. The van der Waals surface area contributed by atoms with E-state index < -0.39 is 0 Å². The number of para-hydroxylation sites is 1. The molecule has 0 bridgehead atoms. The highest BCUT2D eigenvalue weighted by molar-refractivity contribution is 5.48. The maximum Gasteiger partial charge on any atom is 0.127 e. The number of pyridine rings is 1. The molecule has 0 saturated carbocycles. The number of hydrogen-bond donors (Lipinski definition) is 2. The third-order valence-corrected chi connectivity index (χ3v) is 3.26. The van der Waals surface area contributed by atoms with Gasteiger partial charge in [-0.05, 0) is 23.3 Å². The normalized spacial score (nSPS) is 14.9. The summed E-state index contributed by atoms with van der Waals surface area (Å²) >= 11 is 0. The van der Waals surface area contributed by atoms with Crippen molar-refractivity contribution >= 4 is 0 Å². The van der Waals surface area contributed by atoms with Gasteiger partial charge in [0.15, 0.2) is 0 Å². The van der Waals surface area contributed by atoms with Gasteiger partial charge in [0.05, 0.1) is 12.6 Å². The number of fused-ring (bicyclic) bond motifs is 1. The summed E-state index contributed by atoms with van der Waals surface area (Å²) in [7, 11) is 0. The lowest BCUT2D eigenvalue weighted by Gasteiger charge is -2.19. The number of hydrazine groups is 1. The Kier molecular flexibility index (Phi) is 2.96. The largest absolute Gasteiger partial charge is 0.493 e. The summed E-state index contributed by atoms with van der Waals surface area (Å²) in [6.07, 6.45) is 4.50. The SMILES string of the molecule is NNC(c1ccncc1)c1cccc2c1OCC2. The molecule has 3 N–H and O–H groups in total. The van der Waals surface area contributed by atoms with Gasteiger partial charge in [-0.1, -0.05) is 18.2 Å². The third kappa shape index (κ3) is 1.85. The molecule has 0 aliphatic carbocycles. The van der Waals surface area contributed by atoms with E-state index in [1.54, 1.807) is 12.4 Å². The summed E-state index contributed by atoms with van der Waals surface area (Å²) in [5, 5.41) is 0. The van der Waals surface area contributed by atoms with E-state index in [2.05, 4.69) is 22.5 Å². The molecule has 92 valence electrons. The van der Waals surface area contributed by atoms with Crippen LogP contribution in [0.1, 0.15) is 22.7 Å². The third-order valence-electron chi connectivity index (χ3n) is 3.26. The molecule has 4 heteroatoms. The number of nitrogens with one attached hydrogen (secondary N) is 1. The first-order valence-electron chi connectivity index (χ1n) is 6.01. The molecule has 0 amide bonds. The van der Waals surface area contributed by atoms with E-state index in [0.29, 0.717) is 0 Å². The van der Waals surface area contributed by atoms with Crippen LogP contribution < -0.4 is 16.0 Å². The van der Waals surface area contributed by atoms with Crippen LogP contribution in [0.3, 0.4) is 0 Å². The predicted molar refractivity (Wildman–Crippen MR) is 69.0 cm³/mol. The highest BCUT2D eigenvalue weighted by Gasteiger charge is 2.22. The fourth-order valence-electron chi connectivity index (χ4n) is 2.39. The van der Waals surface area contributed by atoms with Crippen LogP contribution in [0.25, 0.3) is 0 Å². The number of nitrogens with two attached hydrogens (primary N) is 1. The van der Waals surface area contributed by atoms with Crippen molar-refractivity contribution in [2.45, 2.75) is 12.5 Å². The van der Waals surface area contributed by atoms with Gasteiger partial charge in [-0.25, -0.2) is 5.43 Å². The smallest absolute Gasteiger partial charge is 0.127 e. The molecule has 1 aromatic heterocycles. The molecular formula is C14H15N3O. The van der Waals surface area contributed by atoms with E-state index in [-0.39, 0.29) is 6.04 Å². The number of rotatable bonds is 3. The first-order chi connectivity index (χ1) is 8.90. The van der Waals surface area contributed by atoms with Crippen molar-refractivity contribution in [2.24, 2.45) is 5.84 Å². The maximum absolute atomic E-state index is 5.72. The van der Waals surface area contributed by atoms with Crippen LogP contribution in [0.4, 0.5) is 0 Å². The Labute approximate surface area is 106 Å². The summed E-state index contributed by atoms with van der Waals surface area (Å²) in [4.78, 5) is 4.03. The second-order valence-electron chi connectivity index (χ2n) is 4.31. The molecular weight excluding hydrogens is 226 g/mol. The van der Waals surface area contributed by atoms with Crippen molar-refractivity contribution in [3.05, 3.63) is 59.4 Å². The van der Waals surface area contributed by atoms with Gasteiger partial charge in [-0.15, -0.1) is 0 Å².